The molecule has 5 rings (SSSR count). The highest BCUT2D eigenvalue weighted by atomic mass is 16.3. The van der Waals surface area contributed by atoms with E-state index >= 15 is 0 Å². The van der Waals surface area contributed by atoms with Crippen molar-refractivity contribution in [3.8, 4) is 6.07 Å². The highest BCUT2D eigenvalue weighted by Gasteiger charge is 2.75. The van der Waals surface area contributed by atoms with Crippen LogP contribution in [0.2, 0.25) is 0 Å². The van der Waals surface area contributed by atoms with Gasteiger partial charge in [-0.2, -0.15) is 5.26 Å². The summed E-state index contributed by atoms with van der Waals surface area (Å²) in [5, 5.41) is 23.0. The van der Waals surface area contributed by atoms with Crippen molar-refractivity contribution in [3.63, 3.8) is 0 Å². The second-order valence-corrected chi connectivity index (χ2v) is 16.3. The van der Waals surface area contributed by atoms with E-state index in [0.29, 0.717) is 19.4 Å². The van der Waals surface area contributed by atoms with Crippen LogP contribution in [0.5, 0.6) is 0 Å². The number of hydrogen-bond donors (Lipinski definition) is 1. The van der Waals surface area contributed by atoms with Crippen LogP contribution < -0.4 is 0 Å². The van der Waals surface area contributed by atoms with E-state index < -0.39 is 27.3 Å². The third-order valence-corrected chi connectivity index (χ3v) is 13.7. The number of fused-ring (bicyclic) bond motifs is 7. The molecule has 8 atom stereocenters. The van der Waals surface area contributed by atoms with Crippen LogP contribution in [0.15, 0.2) is 23.3 Å². The number of Topliss-reactive ketones (excluding diaryl/α,β-unsaturated/α-hetero) is 1. The lowest BCUT2D eigenvalue weighted by atomic mass is 9.33. The van der Waals surface area contributed by atoms with E-state index in [1.807, 2.05) is 38.8 Å². The van der Waals surface area contributed by atoms with Gasteiger partial charge in [0.05, 0.1) is 5.57 Å². The van der Waals surface area contributed by atoms with E-state index in [2.05, 4.69) is 40.7 Å². The molecule has 41 heavy (non-hydrogen) atoms. The molecule has 0 aromatic carbocycles. The van der Waals surface area contributed by atoms with Gasteiger partial charge in [-0.25, -0.2) is 0 Å². The Balaban J connectivity index is 1.64. The number of aliphatic hydroxyl groups is 1. The molecule has 0 unspecified atom stereocenters. The molecule has 5 aliphatic rings. The molecule has 0 radical (unpaired) electrons. The van der Waals surface area contributed by atoms with Gasteiger partial charge in [0.2, 0.25) is 5.91 Å². The van der Waals surface area contributed by atoms with Crippen molar-refractivity contribution in [1.82, 2.24) is 4.90 Å². The van der Waals surface area contributed by atoms with Gasteiger partial charge in [-0.05, 0) is 78.8 Å². The van der Waals surface area contributed by atoms with Crippen molar-refractivity contribution < 1.29 is 19.5 Å². The smallest absolute Gasteiger partial charge is 0.222 e. The van der Waals surface area contributed by atoms with Gasteiger partial charge in [-0.15, -0.1) is 0 Å². The van der Waals surface area contributed by atoms with Crippen LogP contribution in [0.4, 0.5) is 0 Å². The van der Waals surface area contributed by atoms with Gasteiger partial charge >= 0.3 is 0 Å². The maximum Gasteiger partial charge on any atom is 0.222 e. The van der Waals surface area contributed by atoms with Gasteiger partial charge in [0.15, 0.2) is 11.6 Å². The zero-order valence-electron chi connectivity index (χ0n) is 26.7. The van der Waals surface area contributed by atoms with Gasteiger partial charge in [-0.1, -0.05) is 61.5 Å². The van der Waals surface area contributed by atoms with Gasteiger partial charge < -0.3 is 10.0 Å². The molecular weight excluding hydrogens is 512 g/mol. The number of nitriles is 1. The van der Waals surface area contributed by atoms with Crippen LogP contribution in [-0.2, 0) is 14.4 Å². The molecule has 6 nitrogen and oxygen atoms in total. The quantitative estimate of drug-likeness (QED) is 0.442. The minimum Gasteiger partial charge on any atom is -0.381 e. The summed E-state index contributed by atoms with van der Waals surface area (Å²) in [7, 11) is 1.87. The Kier molecular flexibility index (Phi) is 6.54. The molecule has 5 aliphatic carbocycles. The number of ketones is 2. The summed E-state index contributed by atoms with van der Waals surface area (Å²) in [6, 6.07) is 2.16. The highest BCUT2D eigenvalue weighted by molar-refractivity contribution is 6.05. The molecule has 0 bridgehead atoms. The van der Waals surface area contributed by atoms with Crippen molar-refractivity contribution in [2.24, 2.45) is 44.3 Å². The standard InChI is InChI=1S/C35H50N2O4/c1-10-27(39)37(9)21-30(4)13-14-31(5)15-16-34(8)33(7)12-11-23-29(2,3)28(40)22(20-36)18-32(23,6)24(33)17-26(38)35(34,41)25(31)19-30/h17-18,23,25,41H,10-16,19,21H2,1-9H3/t23-,25+,30-,31+,32-,33+,34-,35+/m0/s1. The van der Waals surface area contributed by atoms with Gasteiger partial charge in [0, 0.05) is 42.2 Å². The van der Waals surface area contributed by atoms with Gasteiger partial charge in [0.1, 0.15) is 11.7 Å². The highest BCUT2D eigenvalue weighted by Crippen LogP contribution is 2.75. The van der Waals surface area contributed by atoms with Crippen LogP contribution in [0.3, 0.4) is 0 Å². The van der Waals surface area contributed by atoms with Crippen LogP contribution in [-0.4, -0.2) is 46.7 Å². The topological polar surface area (TPSA) is 98.5 Å². The second-order valence-electron chi connectivity index (χ2n) is 16.3. The maximum absolute atomic E-state index is 14.6. The summed E-state index contributed by atoms with van der Waals surface area (Å²) in [6.45, 7) is 17.4. The first-order chi connectivity index (χ1) is 18.8. The lowest BCUT2D eigenvalue weighted by Gasteiger charge is -2.71. The summed E-state index contributed by atoms with van der Waals surface area (Å²) < 4.78 is 0. The SMILES string of the molecule is CCC(=O)N(C)C[C@@]1(C)CC[C@]2(C)CC[C@@]3(C)[C@]4(C)CC[C@H]5C(C)(C)C(=O)C(C#N)=C[C@]5(C)C4=CC(=O)[C@]3(O)[C@@H]2C1. The molecule has 1 N–H and O–H groups in total. The summed E-state index contributed by atoms with van der Waals surface area (Å²) in [5.41, 5.74) is -3.22. The first kappa shape index (κ1) is 30.2. The molecule has 224 valence electrons. The third kappa shape index (κ3) is 3.66. The predicted molar refractivity (Wildman–Crippen MR) is 158 cm³/mol. The normalized spacial score (nSPS) is 46.6. The number of hydrogen-bond acceptors (Lipinski definition) is 5. The second kappa shape index (κ2) is 8.88. The molecule has 6 heteroatoms. The largest absolute Gasteiger partial charge is 0.381 e. The van der Waals surface area contributed by atoms with Crippen molar-refractivity contribution in [3.05, 3.63) is 23.3 Å². The van der Waals surface area contributed by atoms with Crippen LogP contribution >= 0.6 is 0 Å². The molecule has 3 fully saturated rings. The average molecular weight is 563 g/mol. The van der Waals surface area contributed by atoms with Crippen molar-refractivity contribution in [2.75, 3.05) is 13.6 Å². The van der Waals surface area contributed by atoms with E-state index in [1.54, 1.807) is 6.08 Å². The van der Waals surface area contributed by atoms with Crippen LogP contribution in [0.1, 0.15) is 107 Å². The Hall–Kier alpha value is -2.26. The molecule has 0 aromatic rings. The number of allylic oxidation sites excluding steroid dienone is 3. The average Bonchev–Trinajstić information content (AvgIpc) is 2.90. The minimum atomic E-state index is -1.53. The number of nitrogens with zero attached hydrogens (tertiary/aromatic N) is 2. The number of rotatable bonds is 3. The first-order valence-electron chi connectivity index (χ1n) is 15.7. The van der Waals surface area contributed by atoms with Crippen LogP contribution in [0, 0.1) is 55.7 Å². The molecule has 0 spiro atoms. The zero-order chi connectivity index (χ0) is 30.6. The maximum atomic E-state index is 14.6. The van der Waals surface area contributed by atoms with E-state index in [1.165, 1.54) is 0 Å². The van der Waals surface area contributed by atoms with Gasteiger partial charge in [0.25, 0.3) is 0 Å². The lowest BCUT2D eigenvalue weighted by molar-refractivity contribution is -0.243. The Bertz CT molecular complexity index is 1320. The fourth-order valence-corrected chi connectivity index (χ4v) is 10.9. The Morgan fingerprint density at radius 3 is 2.27 bits per heavy atom. The monoisotopic (exact) mass is 562 g/mol. The van der Waals surface area contributed by atoms with E-state index in [-0.39, 0.29) is 45.7 Å². The van der Waals surface area contributed by atoms with E-state index in [4.69, 9.17) is 0 Å². The molecule has 0 aliphatic heterocycles. The van der Waals surface area contributed by atoms with Crippen molar-refractivity contribution in [2.45, 2.75) is 112 Å². The fraction of sp³-hybridized carbons (Fsp3) is 0.771. The number of carbonyl (C=O) groups is 3. The molecular formula is C35H50N2O4. The van der Waals surface area contributed by atoms with Crippen molar-refractivity contribution in [1.29, 1.82) is 5.26 Å². The number of amides is 1. The van der Waals surface area contributed by atoms with E-state index in [9.17, 15) is 24.8 Å². The molecule has 0 heterocycles. The Labute approximate surface area is 246 Å². The third-order valence-electron chi connectivity index (χ3n) is 13.7. The Morgan fingerprint density at radius 2 is 1.66 bits per heavy atom. The minimum absolute atomic E-state index is 0.0278. The zero-order valence-corrected chi connectivity index (χ0v) is 26.7. The van der Waals surface area contributed by atoms with Gasteiger partial charge in [-0.3, -0.25) is 14.4 Å². The van der Waals surface area contributed by atoms with Crippen molar-refractivity contribution >= 4 is 17.5 Å². The molecule has 1 amide bonds. The van der Waals surface area contributed by atoms with E-state index in [0.717, 1.165) is 44.1 Å². The number of carbonyl (C=O) groups excluding carboxylic acids is 3. The molecule has 0 saturated heterocycles. The summed E-state index contributed by atoms with van der Waals surface area (Å²) in [4.78, 5) is 42.2. The fourth-order valence-electron chi connectivity index (χ4n) is 10.9. The Morgan fingerprint density at radius 1 is 1.02 bits per heavy atom. The first-order valence-corrected chi connectivity index (χ1v) is 15.7. The summed E-state index contributed by atoms with van der Waals surface area (Å²) >= 11 is 0. The molecule has 0 aromatic heterocycles. The molecule has 3 saturated carbocycles. The predicted octanol–water partition coefficient (Wildman–Crippen LogP) is 6.19. The lowest BCUT2D eigenvalue weighted by Crippen LogP contribution is -2.74. The van der Waals surface area contributed by atoms with Crippen LogP contribution in [0.25, 0.3) is 0 Å². The summed E-state index contributed by atoms with van der Waals surface area (Å²) in [5.74, 6) is -0.462. The summed E-state index contributed by atoms with van der Waals surface area (Å²) in [6.07, 6.45) is 9.90.